The van der Waals surface area contributed by atoms with Gasteiger partial charge in [0.25, 0.3) is 5.91 Å². The van der Waals surface area contributed by atoms with E-state index in [1.54, 1.807) is 23.2 Å². The summed E-state index contributed by atoms with van der Waals surface area (Å²) in [5, 5.41) is 0.328. The number of nitrogens with zero attached hydrogens (tertiary/aromatic N) is 2. The van der Waals surface area contributed by atoms with E-state index in [1.165, 1.54) is 0 Å². The van der Waals surface area contributed by atoms with Gasteiger partial charge >= 0.3 is 0 Å². The van der Waals surface area contributed by atoms with Crippen molar-refractivity contribution in [2.75, 3.05) is 19.7 Å². The lowest BCUT2D eigenvalue weighted by atomic mass is 10.1. The SMILES string of the molecule is O=C(c1ccnc(Cl)c1)N1CCOC(c2ccccc2)C1. The Labute approximate surface area is 128 Å². The highest BCUT2D eigenvalue weighted by Crippen LogP contribution is 2.23. The third-order valence-corrected chi connectivity index (χ3v) is 3.71. The second-order valence-corrected chi connectivity index (χ2v) is 5.28. The Morgan fingerprint density at radius 2 is 2.10 bits per heavy atom. The molecule has 3 rings (SSSR count). The fourth-order valence-electron chi connectivity index (χ4n) is 2.42. The van der Waals surface area contributed by atoms with Crippen LogP contribution in [0.4, 0.5) is 0 Å². The number of benzene rings is 1. The van der Waals surface area contributed by atoms with Crippen molar-refractivity contribution < 1.29 is 9.53 Å². The Balaban J connectivity index is 1.75. The van der Waals surface area contributed by atoms with Gasteiger partial charge in [0.1, 0.15) is 11.3 Å². The molecular formula is C16H15ClN2O2. The molecule has 0 spiro atoms. The van der Waals surface area contributed by atoms with Crippen LogP contribution in [0.5, 0.6) is 0 Å². The number of carbonyl (C=O) groups excluding carboxylic acids is 1. The predicted octanol–water partition coefficient (Wildman–Crippen LogP) is 2.95. The molecule has 1 aromatic carbocycles. The summed E-state index contributed by atoms with van der Waals surface area (Å²) in [7, 11) is 0. The number of amides is 1. The Morgan fingerprint density at radius 3 is 2.86 bits per heavy atom. The summed E-state index contributed by atoms with van der Waals surface area (Å²) in [6.07, 6.45) is 1.46. The van der Waals surface area contributed by atoms with Gasteiger partial charge in [-0.3, -0.25) is 4.79 Å². The Hall–Kier alpha value is -1.91. The molecule has 0 N–H and O–H groups in total. The summed E-state index contributed by atoms with van der Waals surface area (Å²) in [4.78, 5) is 18.2. The quantitative estimate of drug-likeness (QED) is 0.801. The van der Waals surface area contributed by atoms with Crippen LogP contribution in [-0.2, 0) is 4.74 Å². The smallest absolute Gasteiger partial charge is 0.254 e. The van der Waals surface area contributed by atoms with E-state index in [1.807, 2.05) is 30.3 Å². The molecule has 21 heavy (non-hydrogen) atoms. The van der Waals surface area contributed by atoms with E-state index < -0.39 is 0 Å². The second-order valence-electron chi connectivity index (χ2n) is 4.89. The van der Waals surface area contributed by atoms with Crippen LogP contribution < -0.4 is 0 Å². The highest BCUT2D eigenvalue weighted by Gasteiger charge is 2.26. The van der Waals surface area contributed by atoms with Gasteiger partial charge in [-0.1, -0.05) is 41.9 Å². The predicted molar refractivity (Wildman–Crippen MR) is 80.3 cm³/mol. The van der Waals surface area contributed by atoms with Crippen LogP contribution in [0.2, 0.25) is 5.15 Å². The first-order valence-corrected chi connectivity index (χ1v) is 7.19. The van der Waals surface area contributed by atoms with Crippen molar-refractivity contribution in [1.29, 1.82) is 0 Å². The lowest BCUT2D eigenvalue weighted by Gasteiger charge is -2.33. The fraction of sp³-hybridized carbons (Fsp3) is 0.250. The van der Waals surface area contributed by atoms with E-state index in [-0.39, 0.29) is 12.0 Å². The summed E-state index contributed by atoms with van der Waals surface area (Å²) in [6.45, 7) is 1.66. The number of morpholine rings is 1. The van der Waals surface area contributed by atoms with Crippen molar-refractivity contribution in [3.63, 3.8) is 0 Å². The molecule has 2 heterocycles. The first-order chi connectivity index (χ1) is 10.2. The van der Waals surface area contributed by atoms with Crippen LogP contribution in [0.3, 0.4) is 0 Å². The van der Waals surface area contributed by atoms with Crippen molar-refractivity contribution in [3.8, 4) is 0 Å². The molecule has 1 atom stereocenters. The first kappa shape index (κ1) is 14.0. The molecule has 2 aromatic rings. The van der Waals surface area contributed by atoms with Crippen molar-refractivity contribution in [1.82, 2.24) is 9.88 Å². The zero-order valence-corrected chi connectivity index (χ0v) is 12.2. The minimum atomic E-state index is -0.0822. The van der Waals surface area contributed by atoms with E-state index in [0.717, 1.165) is 5.56 Å². The molecular weight excluding hydrogens is 288 g/mol. The molecule has 4 nitrogen and oxygen atoms in total. The minimum Gasteiger partial charge on any atom is -0.370 e. The maximum Gasteiger partial charge on any atom is 0.254 e. The fourth-order valence-corrected chi connectivity index (χ4v) is 2.60. The topological polar surface area (TPSA) is 42.4 Å². The van der Waals surface area contributed by atoms with Gasteiger partial charge in [0.2, 0.25) is 0 Å². The molecule has 1 saturated heterocycles. The Morgan fingerprint density at radius 1 is 1.29 bits per heavy atom. The van der Waals surface area contributed by atoms with E-state index in [9.17, 15) is 4.79 Å². The number of hydrogen-bond donors (Lipinski definition) is 0. The van der Waals surface area contributed by atoms with E-state index in [4.69, 9.17) is 16.3 Å². The molecule has 1 unspecified atom stereocenters. The van der Waals surface area contributed by atoms with Crippen molar-refractivity contribution in [2.24, 2.45) is 0 Å². The summed E-state index contributed by atoms with van der Waals surface area (Å²) in [6, 6.07) is 13.2. The number of ether oxygens (including phenoxy) is 1. The molecule has 0 aliphatic carbocycles. The third kappa shape index (κ3) is 3.23. The molecule has 0 bridgehead atoms. The van der Waals surface area contributed by atoms with Crippen LogP contribution >= 0.6 is 11.6 Å². The first-order valence-electron chi connectivity index (χ1n) is 6.81. The number of halogens is 1. The van der Waals surface area contributed by atoms with Gasteiger partial charge in [0.05, 0.1) is 13.2 Å². The van der Waals surface area contributed by atoms with Gasteiger partial charge in [-0.05, 0) is 17.7 Å². The lowest BCUT2D eigenvalue weighted by Crippen LogP contribution is -2.42. The maximum atomic E-state index is 12.5. The van der Waals surface area contributed by atoms with Gasteiger partial charge in [-0.2, -0.15) is 0 Å². The lowest BCUT2D eigenvalue weighted by molar-refractivity contribution is -0.0228. The summed E-state index contributed by atoms with van der Waals surface area (Å²) < 4.78 is 5.77. The molecule has 1 amide bonds. The zero-order valence-electron chi connectivity index (χ0n) is 11.4. The van der Waals surface area contributed by atoms with E-state index in [0.29, 0.717) is 30.4 Å². The minimum absolute atomic E-state index is 0.0384. The molecule has 0 saturated carbocycles. The van der Waals surface area contributed by atoms with Gasteiger partial charge in [-0.15, -0.1) is 0 Å². The van der Waals surface area contributed by atoms with Gasteiger partial charge in [-0.25, -0.2) is 4.98 Å². The van der Waals surface area contributed by atoms with Gasteiger partial charge < -0.3 is 9.64 Å². The average Bonchev–Trinajstić information content (AvgIpc) is 2.55. The van der Waals surface area contributed by atoms with Crippen molar-refractivity contribution in [3.05, 3.63) is 64.9 Å². The molecule has 1 fully saturated rings. The van der Waals surface area contributed by atoms with Crippen LogP contribution in [0.15, 0.2) is 48.7 Å². The maximum absolute atomic E-state index is 12.5. The van der Waals surface area contributed by atoms with Crippen LogP contribution in [-0.4, -0.2) is 35.5 Å². The highest BCUT2D eigenvalue weighted by molar-refractivity contribution is 6.29. The Bertz CT molecular complexity index is 633. The normalized spacial score (nSPS) is 18.5. The summed E-state index contributed by atoms with van der Waals surface area (Å²) >= 11 is 5.85. The molecule has 1 aromatic heterocycles. The van der Waals surface area contributed by atoms with Crippen molar-refractivity contribution in [2.45, 2.75) is 6.10 Å². The molecule has 0 radical (unpaired) electrons. The third-order valence-electron chi connectivity index (χ3n) is 3.50. The summed E-state index contributed by atoms with van der Waals surface area (Å²) in [5.74, 6) is -0.0384. The largest absolute Gasteiger partial charge is 0.370 e. The van der Waals surface area contributed by atoms with Crippen LogP contribution in [0, 0.1) is 0 Å². The summed E-state index contributed by atoms with van der Waals surface area (Å²) in [5.41, 5.74) is 1.64. The van der Waals surface area contributed by atoms with Gasteiger partial charge in [0.15, 0.2) is 0 Å². The monoisotopic (exact) mass is 302 g/mol. The zero-order chi connectivity index (χ0) is 14.7. The average molecular weight is 303 g/mol. The van der Waals surface area contributed by atoms with Crippen molar-refractivity contribution >= 4 is 17.5 Å². The molecule has 108 valence electrons. The molecule has 5 heteroatoms. The van der Waals surface area contributed by atoms with E-state index in [2.05, 4.69) is 4.98 Å². The number of rotatable bonds is 2. The van der Waals surface area contributed by atoms with Gasteiger partial charge in [0, 0.05) is 18.3 Å². The molecule has 1 aliphatic heterocycles. The number of aromatic nitrogens is 1. The highest BCUT2D eigenvalue weighted by atomic mass is 35.5. The standard InChI is InChI=1S/C16H15ClN2O2/c17-15-10-13(6-7-18-15)16(20)19-8-9-21-14(11-19)12-4-2-1-3-5-12/h1-7,10,14H,8-9,11H2. The van der Waals surface area contributed by atoms with Crippen LogP contribution in [0.1, 0.15) is 22.0 Å². The molecule has 1 aliphatic rings. The van der Waals surface area contributed by atoms with Crippen LogP contribution in [0.25, 0.3) is 0 Å². The number of hydrogen-bond acceptors (Lipinski definition) is 3. The number of pyridine rings is 1. The van der Waals surface area contributed by atoms with E-state index >= 15 is 0 Å². The number of carbonyl (C=O) groups is 1. The Kier molecular flexibility index (Phi) is 4.18. The second kappa shape index (κ2) is 6.24.